The minimum absolute atomic E-state index is 0.0877. The van der Waals surface area contributed by atoms with E-state index in [1.807, 2.05) is 0 Å². The average Bonchev–Trinajstić information content (AvgIpc) is 3.15. The zero-order valence-electron chi connectivity index (χ0n) is 14.4. The van der Waals surface area contributed by atoms with Crippen molar-refractivity contribution in [1.29, 1.82) is 0 Å². The van der Waals surface area contributed by atoms with E-state index < -0.39 is 6.36 Å². The standard InChI is InChI=1S/C17H19F3N4O3/c18-17(19,20)27-14-3-1-2-13(8-14)10-24(9-12-4-6-26-7-5-12)16(25)15-21-11-22-23-15/h1-3,8,11-12H,4-7,9-10H2,(H,21,22,23). The van der Waals surface area contributed by atoms with Gasteiger partial charge in [0.15, 0.2) is 0 Å². The number of aromatic amines is 1. The monoisotopic (exact) mass is 384 g/mol. The van der Waals surface area contributed by atoms with E-state index in [-0.39, 0.29) is 29.9 Å². The van der Waals surface area contributed by atoms with Gasteiger partial charge in [-0.3, -0.25) is 9.89 Å². The van der Waals surface area contributed by atoms with Crippen LogP contribution in [-0.4, -0.2) is 52.1 Å². The van der Waals surface area contributed by atoms with Gasteiger partial charge in [0.25, 0.3) is 5.91 Å². The molecule has 1 aromatic heterocycles. The van der Waals surface area contributed by atoms with Gasteiger partial charge < -0.3 is 14.4 Å². The van der Waals surface area contributed by atoms with Crippen molar-refractivity contribution in [3.63, 3.8) is 0 Å². The molecule has 0 unspecified atom stereocenters. The van der Waals surface area contributed by atoms with Gasteiger partial charge in [-0.2, -0.15) is 5.10 Å². The maximum absolute atomic E-state index is 12.7. The van der Waals surface area contributed by atoms with E-state index in [1.54, 1.807) is 11.0 Å². The van der Waals surface area contributed by atoms with Crippen LogP contribution in [0.1, 0.15) is 29.0 Å². The van der Waals surface area contributed by atoms with Crippen LogP contribution in [-0.2, 0) is 11.3 Å². The van der Waals surface area contributed by atoms with Crippen molar-refractivity contribution in [2.24, 2.45) is 5.92 Å². The number of H-pyrrole nitrogens is 1. The Morgan fingerprint density at radius 3 is 2.78 bits per heavy atom. The lowest BCUT2D eigenvalue weighted by Gasteiger charge is -2.29. The van der Waals surface area contributed by atoms with Crippen LogP contribution in [0.5, 0.6) is 5.75 Å². The molecular formula is C17H19F3N4O3. The minimum Gasteiger partial charge on any atom is -0.406 e. The molecule has 1 N–H and O–H groups in total. The molecule has 146 valence electrons. The SMILES string of the molecule is O=C(c1ncn[nH]1)N(Cc1cccc(OC(F)(F)F)c1)CC1CCOCC1. The van der Waals surface area contributed by atoms with Crippen molar-refractivity contribution < 1.29 is 27.4 Å². The van der Waals surface area contributed by atoms with E-state index in [9.17, 15) is 18.0 Å². The fraction of sp³-hybridized carbons (Fsp3) is 0.471. The number of amides is 1. The summed E-state index contributed by atoms with van der Waals surface area (Å²) in [6.45, 7) is 1.84. The van der Waals surface area contributed by atoms with Crippen molar-refractivity contribution in [1.82, 2.24) is 20.1 Å². The lowest BCUT2D eigenvalue weighted by molar-refractivity contribution is -0.274. The van der Waals surface area contributed by atoms with Crippen LogP contribution in [0.4, 0.5) is 13.2 Å². The Morgan fingerprint density at radius 2 is 2.11 bits per heavy atom. The average molecular weight is 384 g/mol. The van der Waals surface area contributed by atoms with Gasteiger partial charge in [0.1, 0.15) is 12.1 Å². The van der Waals surface area contributed by atoms with E-state index in [0.717, 1.165) is 12.8 Å². The lowest BCUT2D eigenvalue weighted by Crippen LogP contribution is -2.37. The first-order valence-corrected chi connectivity index (χ1v) is 8.48. The number of hydrogen-bond donors (Lipinski definition) is 1. The number of ether oxygens (including phenoxy) is 2. The molecule has 1 amide bonds. The number of nitrogens with one attached hydrogen (secondary N) is 1. The second-order valence-corrected chi connectivity index (χ2v) is 6.27. The number of hydrogen-bond acceptors (Lipinski definition) is 5. The summed E-state index contributed by atoms with van der Waals surface area (Å²) in [6, 6.07) is 5.60. The van der Waals surface area contributed by atoms with Gasteiger partial charge in [-0.05, 0) is 36.5 Å². The van der Waals surface area contributed by atoms with Crippen molar-refractivity contribution in [3.8, 4) is 5.75 Å². The summed E-state index contributed by atoms with van der Waals surface area (Å²) in [5.41, 5.74) is 0.525. The maximum Gasteiger partial charge on any atom is 0.573 e. The lowest BCUT2D eigenvalue weighted by atomic mass is 9.99. The predicted molar refractivity (Wildman–Crippen MR) is 87.8 cm³/mol. The molecule has 1 aromatic carbocycles. The summed E-state index contributed by atoms with van der Waals surface area (Å²) in [5.74, 6) is -0.343. The molecule has 0 saturated carbocycles. The second kappa shape index (κ2) is 8.38. The van der Waals surface area contributed by atoms with Crippen LogP contribution in [0.3, 0.4) is 0 Å². The minimum atomic E-state index is -4.77. The van der Waals surface area contributed by atoms with Gasteiger partial charge in [0.05, 0.1) is 0 Å². The summed E-state index contributed by atoms with van der Waals surface area (Å²) >= 11 is 0. The first-order valence-electron chi connectivity index (χ1n) is 8.48. The molecule has 0 aliphatic carbocycles. The van der Waals surface area contributed by atoms with Crippen LogP contribution < -0.4 is 4.74 Å². The molecule has 0 atom stereocenters. The molecule has 0 bridgehead atoms. The third kappa shape index (κ3) is 5.68. The molecule has 1 fully saturated rings. The highest BCUT2D eigenvalue weighted by Crippen LogP contribution is 2.25. The van der Waals surface area contributed by atoms with Crippen LogP contribution in [0, 0.1) is 5.92 Å². The van der Waals surface area contributed by atoms with E-state index in [2.05, 4.69) is 19.9 Å². The molecule has 0 spiro atoms. The Hall–Kier alpha value is -2.62. The van der Waals surface area contributed by atoms with Crippen molar-refractivity contribution in [3.05, 3.63) is 42.0 Å². The fourth-order valence-electron chi connectivity index (χ4n) is 2.98. The first kappa shape index (κ1) is 19.2. The Morgan fingerprint density at radius 1 is 1.33 bits per heavy atom. The molecule has 10 heteroatoms. The van der Waals surface area contributed by atoms with Crippen LogP contribution in [0.25, 0.3) is 0 Å². The topological polar surface area (TPSA) is 80.3 Å². The fourth-order valence-corrected chi connectivity index (χ4v) is 2.98. The highest BCUT2D eigenvalue weighted by Gasteiger charge is 2.31. The zero-order valence-corrected chi connectivity index (χ0v) is 14.4. The molecule has 27 heavy (non-hydrogen) atoms. The normalized spacial score (nSPS) is 15.5. The molecule has 3 rings (SSSR count). The zero-order chi connectivity index (χ0) is 19.3. The highest BCUT2D eigenvalue weighted by molar-refractivity contribution is 5.90. The number of carbonyl (C=O) groups excluding carboxylic acids is 1. The van der Waals surface area contributed by atoms with Gasteiger partial charge in [-0.25, -0.2) is 4.98 Å². The number of rotatable bonds is 6. The molecule has 1 aliphatic rings. The quantitative estimate of drug-likeness (QED) is 0.828. The molecule has 1 aliphatic heterocycles. The number of nitrogens with zero attached hydrogens (tertiary/aromatic N) is 3. The summed E-state index contributed by atoms with van der Waals surface area (Å²) in [4.78, 5) is 18.2. The Balaban J connectivity index is 1.76. The molecular weight excluding hydrogens is 365 g/mol. The molecule has 1 saturated heterocycles. The van der Waals surface area contributed by atoms with Crippen LogP contribution >= 0.6 is 0 Å². The van der Waals surface area contributed by atoms with Crippen molar-refractivity contribution >= 4 is 5.91 Å². The maximum atomic E-state index is 12.7. The smallest absolute Gasteiger partial charge is 0.406 e. The van der Waals surface area contributed by atoms with Gasteiger partial charge >= 0.3 is 6.36 Å². The first-order chi connectivity index (χ1) is 12.9. The van der Waals surface area contributed by atoms with Gasteiger partial charge in [0, 0.05) is 26.3 Å². The van der Waals surface area contributed by atoms with Crippen LogP contribution in [0.2, 0.25) is 0 Å². The summed E-state index contributed by atoms with van der Waals surface area (Å²) in [7, 11) is 0. The Labute approximate surface area is 153 Å². The van der Waals surface area contributed by atoms with E-state index in [1.165, 1.54) is 24.5 Å². The van der Waals surface area contributed by atoms with E-state index in [0.29, 0.717) is 25.3 Å². The largest absolute Gasteiger partial charge is 0.573 e. The predicted octanol–water partition coefficient (Wildman–Crippen LogP) is 2.77. The molecule has 7 nitrogen and oxygen atoms in total. The summed E-state index contributed by atoms with van der Waals surface area (Å²) < 4.78 is 46.6. The molecule has 2 heterocycles. The summed E-state index contributed by atoms with van der Waals surface area (Å²) in [6.07, 6.45) is -1.90. The number of halogens is 3. The van der Waals surface area contributed by atoms with Gasteiger partial charge in [-0.1, -0.05) is 12.1 Å². The molecule has 2 aromatic rings. The number of benzene rings is 1. The third-order valence-electron chi connectivity index (χ3n) is 4.23. The second-order valence-electron chi connectivity index (χ2n) is 6.27. The van der Waals surface area contributed by atoms with Crippen LogP contribution in [0.15, 0.2) is 30.6 Å². The van der Waals surface area contributed by atoms with E-state index in [4.69, 9.17) is 4.74 Å². The Bertz CT molecular complexity index is 746. The van der Waals surface area contributed by atoms with E-state index >= 15 is 0 Å². The number of carbonyl (C=O) groups is 1. The number of alkyl halides is 3. The van der Waals surface area contributed by atoms with Gasteiger partial charge in [0.2, 0.25) is 5.82 Å². The Kier molecular flexibility index (Phi) is 5.94. The van der Waals surface area contributed by atoms with Crippen molar-refractivity contribution in [2.45, 2.75) is 25.7 Å². The highest BCUT2D eigenvalue weighted by atomic mass is 19.4. The van der Waals surface area contributed by atoms with Crippen molar-refractivity contribution in [2.75, 3.05) is 19.8 Å². The number of aromatic nitrogens is 3. The third-order valence-corrected chi connectivity index (χ3v) is 4.23. The van der Waals surface area contributed by atoms with Gasteiger partial charge in [-0.15, -0.1) is 13.2 Å². The summed E-state index contributed by atoms with van der Waals surface area (Å²) in [5, 5.41) is 6.22. The molecule has 0 radical (unpaired) electrons.